The molecule has 1 saturated heterocycles. The molecule has 33 heavy (non-hydrogen) atoms. The number of nitrogens with one attached hydrogen (secondary N) is 1. The lowest BCUT2D eigenvalue weighted by molar-refractivity contribution is 0.175. The summed E-state index contributed by atoms with van der Waals surface area (Å²) in [4.78, 5) is 19.6. The number of amides is 1. The van der Waals surface area contributed by atoms with E-state index in [1.54, 1.807) is 4.90 Å². The van der Waals surface area contributed by atoms with Crippen molar-refractivity contribution in [2.45, 2.75) is 64.0 Å². The summed E-state index contributed by atoms with van der Waals surface area (Å²) in [6.45, 7) is 6.40. The van der Waals surface area contributed by atoms with Crippen LogP contribution in [-0.2, 0) is 24.6 Å². The molecule has 1 fully saturated rings. The summed E-state index contributed by atoms with van der Waals surface area (Å²) >= 11 is 0. The molecular formula is C25H34N6O2. The first-order valence-electron chi connectivity index (χ1n) is 12.1. The van der Waals surface area contributed by atoms with Gasteiger partial charge in [0.25, 0.3) is 0 Å². The van der Waals surface area contributed by atoms with Gasteiger partial charge in [0, 0.05) is 36.8 Å². The molecule has 1 unspecified atom stereocenters. The van der Waals surface area contributed by atoms with Crippen molar-refractivity contribution in [3.63, 3.8) is 0 Å². The summed E-state index contributed by atoms with van der Waals surface area (Å²) in [5.74, 6) is 1.39. The largest absolute Gasteiger partial charge is 0.452 e. The number of rotatable bonds is 4. The van der Waals surface area contributed by atoms with Gasteiger partial charge in [-0.1, -0.05) is 6.92 Å². The van der Waals surface area contributed by atoms with E-state index in [2.05, 4.69) is 47.2 Å². The van der Waals surface area contributed by atoms with Crippen LogP contribution in [0.2, 0.25) is 0 Å². The topological polar surface area (TPSA) is 77.2 Å². The van der Waals surface area contributed by atoms with Gasteiger partial charge in [-0.15, -0.1) is 0 Å². The molecule has 4 heterocycles. The van der Waals surface area contributed by atoms with Crippen LogP contribution in [0.3, 0.4) is 0 Å². The van der Waals surface area contributed by atoms with E-state index in [-0.39, 0.29) is 18.1 Å². The van der Waals surface area contributed by atoms with Gasteiger partial charge in [0.2, 0.25) is 0 Å². The van der Waals surface area contributed by atoms with Crippen LogP contribution in [0.1, 0.15) is 62.0 Å². The maximum absolute atomic E-state index is 12.6. The molecule has 1 amide bonds. The third kappa shape index (κ3) is 3.90. The number of nitrogens with zero attached hydrogens (tertiary/aromatic N) is 5. The molecule has 176 valence electrons. The molecule has 0 saturated carbocycles. The van der Waals surface area contributed by atoms with Gasteiger partial charge >= 0.3 is 6.09 Å². The number of hydrogen-bond acceptors (Lipinski definition) is 5. The van der Waals surface area contributed by atoms with Crippen LogP contribution in [0.5, 0.6) is 0 Å². The predicted molar refractivity (Wildman–Crippen MR) is 129 cm³/mol. The van der Waals surface area contributed by atoms with Crippen molar-refractivity contribution in [2.24, 2.45) is 7.05 Å². The number of carbonyl (C=O) groups is 1. The molecule has 5 rings (SSSR count). The van der Waals surface area contributed by atoms with E-state index < -0.39 is 0 Å². The Kier molecular flexibility index (Phi) is 5.86. The van der Waals surface area contributed by atoms with Crippen molar-refractivity contribution >= 4 is 22.8 Å². The lowest BCUT2D eigenvalue weighted by atomic mass is 9.95. The van der Waals surface area contributed by atoms with E-state index in [0.717, 1.165) is 62.2 Å². The van der Waals surface area contributed by atoms with Crippen molar-refractivity contribution in [3.05, 3.63) is 41.5 Å². The van der Waals surface area contributed by atoms with Crippen molar-refractivity contribution in [1.82, 2.24) is 24.6 Å². The molecule has 8 heteroatoms. The number of piperidine rings is 1. The Morgan fingerprint density at radius 2 is 2.06 bits per heavy atom. The smallest absolute Gasteiger partial charge is 0.414 e. The summed E-state index contributed by atoms with van der Waals surface area (Å²) < 4.78 is 9.46. The number of aromatic nitrogens is 4. The quantitative estimate of drug-likeness (QED) is 0.651. The monoisotopic (exact) mass is 450 g/mol. The van der Waals surface area contributed by atoms with Crippen molar-refractivity contribution in [2.75, 3.05) is 25.1 Å². The Bertz CT molecular complexity index is 1160. The number of methoxy groups -OCH3 is 1. The fourth-order valence-corrected chi connectivity index (χ4v) is 5.61. The first kappa shape index (κ1) is 21.9. The van der Waals surface area contributed by atoms with Crippen LogP contribution >= 0.6 is 0 Å². The molecule has 8 nitrogen and oxygen atoms in total. The molecule has 0 aliphatic carbocycles. The van der Waals surface area contributed by atoms with Gasteiger partial charge in [0.05, 0.1) is 30.0 Å². The van der Waals surface area contributed by atoms with Crippen LogP contribution < -0.4 is 10.2 Å². The van der Waals surface area contributed by atoms with Gasteiger partial charge in [-0.3, -0.25) is 9.58 Å². The van der Waals surface area contributed by atoms with Gasteiger partial charge in [0.1, 0.15) is 5.82 Å². The molecule has 1 aromatic carbocycles. The Hall–Kier alpha value is -2.87. The molecule has 2 atom stereocenters. The highest BCUT2D eigenvalue weighted by Crippen LogP contribution is 2.39. The molecule has 0 bridgehead atoms. The third-order valence-electron chi connectivity index (χ3n) is 7.27. The van der Waals surface area contributed by atoms with Crippen molar-refractivity contribution < 1.29 is 9.53 Å². The van der Waals surface area contributed by atoms with Crippen molar-refractivity contribution in [3.8, 4) is 0 Å². The Morgan fingerprint density at radius 1 is 1.27 bits per heavy atom. The number of hydrogen-bond donors (Lipinski definition) is 1. The van der Waals surface area contributed by atoms with Crippen molar-refractivity contribution in [1.29, 1.82) is 0 Å². The average molecular weight is 451 g/mol. The van der Waals surface area contributed by atoms with Crippen LogP contribution in [0, 0.1) is 0 Å². The normalized spacial score (nSPS) is 20.1. The summed E-state index contributed by atoms with van der Waals surface area (Å²) in [5.41, 5.74) is 5.56. The van der Waals surface area contributed by atoms with Crippen LogP contribution in [-0.4, -0.2) is 51.7 Å². The Morgan fingerprint density at radius 3 is 2.76 bits per heavy atom. The number of fused-ring (bicyclic) bond motifs is 3. The molecule has 0 spiro atoms. The van der Waals surface area contributed by atoms with E-state index in [9.17, 15) is 4.79 Å². The third-order valence-corrected chi connectivity index (χ3v) is 7.27. The summed E-state index contributed by atoms with van der Waals surface area (Å²) in [5, 5.41) is 7.84. The molecule has 3 aromatic rings. The second-order valence-corrected chi connectivity index (χ2v) is 9.61. The molecule has 1 N–H and O–H groups in total. The predicted octanol–water partition coefficient (Wildman–Crippen LogP) is 3.95. The number of ether oxygens (including phenoxy) is 1. The minimum Gasteiger partial charge on any atom is -0.452 e. The summed E-state index contributed by atoms with van der Waals surface area (Å²) in [6.07, 6.45) is 8.65. The molecule has 2 aromatic heterocycles. The number of benzene rings is 1. The minimum absolute atomic E-state index is 0.109. The van der Waals surface area contributed by atoms with E-state index in [0.29, 0.717) is 6.04 Å². The number of carbonyl (C=O) groups excluding carboxylic acids is 1. The zero-order chi connectivity index (χ0) is 23.1. The number of anilines is 1. The highest BCUT2D eigenvalue weighted by molar-refractivity contribution is 5.95. The van der Waals surface area contributed by atoms with Gasteiger partial charge in [-0.05, 0) is 69.8 Å². The SMILES string of the molecule is COC(=O)N1c2ccc3c(nc(C(C)Cc4cnn(C)c4)n3C3CCNCC3)c2CC[C@@H]1C. The number of aryl methyl sites for hydroxylation is 2. The van der Waals surface area contributed by atoms with Crippen LogP contribution in [0.4, 0.5) is 10.5 Å². The Labute approximate surface area is 194 Å². The van der Waals surface area contributed by atoms with Gasteiger partial charge < -0.3 is 14.6 Å². The first-order valence-corrected chi connectivity index (χ1v) is 12.1. The molecular weight excluding hydrogens is 416 g/mol. The minimum atomic E-state index is -0.300. The molecule has 2 aliphatic heterocycles. The van der Waals surface area contributed by atoms with E-state index in [1.165, 1.54) is 23.8 Å². The molecule has 2 aliphatic rings. The molecule has 0 radical (unpaired) electrons. The maximum atomic E-state index is 12.6. The lowest BCUT2D eigenvalue weighted by Crippen LogP contribution is -2.42. The highest BCUT2D eigenvalue weighted by Gasteiger charge is 2.33. The zero-order valence-corrected chi connectivity index (χ0v) is 20.0. The number of imidazole rings is 1. The van der Waals surface area contributed by atoms with E-state index in [4.69, 9.17) is 9.72 Å². The Balaban J connectivity index is 1.63. The standard InChI is InChI=1S/C25H34N6O2/c1-16(13-18-14-27-29(3)15-18)24-28-23-20-6-5-17(2)30(25(32)33-4)21(20)7-8-22(23)31(24)19-9-11-26-12-10-19/h7-8,14-17,19,26H,5-6,9-13H2,1-4H3/t16?,17-/m0/s1. The lowest BCUT2D eigenvalue weighted by Gasteiger charge is -2.34. The first-order chi connectivity index (χ1) is 16.0. The van der Waals surface area contributed by atoms with Gasteiger partial charge in [-0.25, -0.2) is 9.78 Å². The second-order valence-electron chi connectivity index (χ2n) is 9.61. The fraction of sp³-hybridized carbons (Fsp3) is 0.560. The van der Waals surface area contributed by atoms with Gasteiger partial charge in [-0.2, -0.15) is 5.10 Å². The van der Waals surface area contributed by atoms with Crippen LogP contribution in [0.15, 0.2) is 24.5 Å². The summed E-state index contributed by atoms with van der Waals surface area (Å²) in [7, 11) is 3.41. The highest BCUT2D eigenvalue weighted by atomic mass is 16.5. The zero-order valence-electron chi connectivity index (χ0n) is 20.0. The average Bonchev–Trinajstić information content (AvgIpc) is 3.42. The van der Waals surface area contributed by atoms with Crippen LogP contribution in [0.25, 0.3) is 11.0 Å². The maximum Gasteiger partial charge on any atom is 0.414 e. The van der Waals surface area contributed by atoms with Gasteiger partial charge in [0.15, 0.2) is 0 Å². The van der Waals surface area contributed by atoms with E-state index >= 15 is 0 Å². The summed E-state index contributed by atoms with van der Waals surface area (Å²) in [6, 6.07) is 4.80. The van der Waals surface area contributed by atoms with E-state index in [1.807, 2.05) is 17.9 Å². The second kappa shape index (κ2) is 8.82. The fourth-order valence-electron chi connectivity index (χ4n) is 5.61.